The summed E-state index contributed by atoms with van der Waals surface area (Å²) in [5.41, 5.74) is 5.85. The normalized spacial score (nSPS) is 12.9. The standard InChI is InChI=1S/C10H15NO3/c1-6(2)9(11)7-4-5-8(14-7)10(12)13-3/h4-6,9H,11H2,1-3H3/t9-/m0/s1. The number of ether oxygens (including phenoxy) is 1. The molecule has 1 aromatic rings. The Kier molecular flexibility index (Phi) is 3.30. The van der Waals surface area contributed by atoms with Crippen molar-refractivity contribution >= 4 is 5.97 Å². The lowest BCUT2D eigenvalue weighted by atomic mass is 10.0. The van der Waals surface area contributed by atoms with Gasteiger partial charge in [-0.25, -0.2) is 4.79 Å². The number of hydrogen-bond donors (Lipinski definition) is 1. The van der Waals surface area contributed by atoms with Gasteiger partial charge in [0, 0.05) is 0 Å². The Hall–Kier alpha value is -1.29. The molecule has 0 bridgehead atoms. The summed E-state index contributed by atoms with van der Waals surface area (Å²) in [6.07, 6.45) is 0. The summed E-state index contributed by atoms with van der Waals surface area (Å²) in [6, 6.07) is 3.09. The lowest BCUT2D eigenvalue weighted by molar-refractivity contribution is 0.0562. The molecule has 0 amide bonds. The van der Waals surface area contributed by atoms with Crippen LogP contribution in [0.3, 0.4) is 0 Å². The first kappa shape index (κ1) is 10.8. The van der Waals surface area contributed by atoms with Crippen LogP contribution in [0.15, 0.2) is 16.5 Å². The maximum atomic E-state index is 11.1. The Morgan fingerprint density at radius 2 is 2.14 bits per heavy atom. The van der Waals surface area contributed by atoms with Gasteiger partial charge >= 0.3 is 5.97 Å². The van der Waals surface area contributed by atoms with E-state index in [9.17, 15) is 4.79 Å². The Morgan fingerprint density at radius 1 is 1.50 bits per heavy atom. The molecular weight excluding hydrogens is 182 g/mol. The number of methoxy groups -OCH3 is 1. The molecule has 1 heterocycles. The number of furan rings is 1. The Labute approximate surface area is 83.0 Å². The van der Waals surface area contributed by atoms with Crippen molar-refractivity contribution in [2.75, 3.05) is 7.11 Å². The molecule has 78 valence electrons. The number of nitrogens with two attached hydrogens (primary N) is 1. The van der Waals surface area contributed by atoms with E-state index >= 15 is 0 Å². The lowest BCUT2D eigenvalue weighted by Gasteiger charge is -2.11. The van der Waals surface area contributed by atoms with Crippen LogP contribution >= 0.6 is 0 Å². The van der Waals surface area contributed by atoms with E-state index in [1.807, 2.05) is 13.8 Å². The fraction of sp³-hybridized carbons (Fsp3) is 0.500. The van der Waals surface area contributed by atoms with Gasteiger partial charge in [-0.3, -0.25) is 0 Å². The molecule has 0 saturated carbocycles. The Balaban J connectivity index is 2.82. The molecule has 4 nitrogen and oxygen atoms in total. The molecule has 0 aliphatic heterocycles. The maximum Gasteiger partial charge on any atom is 0.373 e. The van der Waals surface area contributed by atoms with Crippen molar-refractivity contribution in [1.29, 1.82) is 0 Å². The summed E-state index contributed by atoms with van der Waals surface area (Å²) in [6.45, 7) is 3.98. The minimum absolute atomic E-state index is 0.187. The molecule has 0 fully saturated rings. The van der Waals surface area contributed by atoms with Crippen molar-refractivity contribution in [1.82, 2.24) is 0 Å². The Bertz CT molecular complexity index is 317. The third-order valence-electron chi connectivity index (χ3n) is 2.06. The summed E-state index contributed by atoms with van der Waals surface area (Å²) in [7, 11) is 1.31. The highest BCUT2D eigenvalue weighted by Gasteiger charge is 2.17. The highest BCUT2D eigenvalue weighted by molar-refractivity contribution is 5.86. The lowest BCUT2D eigenvalue weighted by Crippen LogP contribution is -2.15. The monoisotopic (exact) mass is 197 g/mol. The van der Waals surface area contributed by atoms with E-state index in [-0.39, 0.29) is 17.7 Å². The molecular formula is C10H15NO3. The van der Waals surface area contributed by atoms with E-state index in [1.54, 1.807) is 12.1 Å². The molecule has 1 rings (SSSR count). The molecule has 0 aromatic carbocycles. The molecule has 0 aliphatic carbocycles. The fourth-order valence-corrected chi connectivity index (χ4v) is 1.07. The first-order valence-electron chi connectivity index (χ1n) is 4.50. The van der Waals surface area contributed by atoms with Crippen molar-refractivity contribution in [2.45, 2.75) is 19.9 Å². The van der Waals surface area contributed by atoms with Crippen LogP contribution in [0.1, 0.15) is 36.2 Å². The molecule has 4 heteroatoms. The zero-order chi connectivity index (χ0) is 10.7. The fourth-order valence-electron chi connectivity index (χ4n) is 1.07. The number of esters is 1. The van der Waals surface area contributed by atoms with Gasteiger partial charge in [-0.2, -0.15) is 0 Å². The smallest absolute Gasteiger partial charge is 0.373 e. The quantitative estimate of drug-likeness (QED) is 0.749. The van der Waals surface area contributed by atoms with E-state index in [0.29, 0.717) is 5.76 Å². The molecule has 1 aromatic heterocycles. The highest BCUT2D eigenvalue weighted by atomic mass is 16.5. The predicted octanol–water partition coefficient (Wildman–Crippen LogP) is 1.72. The minimum Gasteiger partial charge on any atom is -0.463 e. The molecule has 0 aliphatic rings. The van der Waals surface area contributed by atoms with Gasteiger partial charge in [0.1, 0.15) is 5.76 Å². The third-order valence-corrected chi connectivity index (χ3v) is 2.06. The summed E-state index contributed by atoms with van der Waals surface area (Å²) >= 11 is 0. The van der Waals surface area contributed by atoms with Gasteiger partial charge in [-0.15, -0.1) is 0 Å². The summed E-state index contributed by atoms with van der Waals surface area (Å²) in [5, 5.41) is 0. The first-order chi connectivity index (χ1) is 6.56. The van der Waals surface area contributed by atoms with E-state index in [2.05, 4.69) is 4.74 Å². The molecule has 1 atom stereocenters. The summed E-state index contributed by atoms with van der Waals surface area (Å²) in [5.74, 6) is 0.595. The van der Waals surface area contributed by atoms with E-state index in [0.717, 1.165) is 0 Å². The van der Waals surface area contributed by atoms with Gasteiger partial charge in [0.15, 0.2) is 0 Å². The zero-order valence-electron chi connectivity index (χ0n) is 8.61. The van der Waals surface area contributed by atoms with Crippen molar-refractivity contribution in [3.63, 3.8) is 0 Å². The topological polar surface area (TPSA) is 65.5 Å². The number of carbonyl (C=O) groups is 1. The van der Waals surface area contributed by atoms with Gasteiger partial charge in [0.25, 0.3) is 0 Å². The molecule has 14 heavy (non-hydrogen) atoms. The third kappa shape index (κ3) is 2.14. The number of hydrogen-bond acceptors (Lipinski definition) is 4. The number of carbonyl (C=O) groups excluding carboxylic acids is 1. The molecule has 0 spiro atoms. The van der Waals surface area contributed by atoms with Gasteiger partial charge in [0.05, 0.1) is 13.2 Å². The molecule has 2 N–H and O–H groups in total. The average molecular weight is 197 g/mol. The van der Waals surface area contributed by atoms with E-state index < -0.39 is 5.97 Å². The zero-order valence-corrected chi connectivity index (χ0v) is 8.61. The van der Waals surface area contributed by atoms with Crippen LogP contribution in [0.4, 0.5) is 0 Å². The second kappa shape index (κ2) is 4.28. The van der Waals surface area contributed by atoms with E-state index in [4.69, 9.17) is 10.2 Å². The van der Waals surface area contributed by atoms with Crippen molar-refractivity contribution in [3.8, 4) is 0 Å². The van der Waals surface area contributed by atoms with Gasteiger partial charge in [0.2, 0.25) is 5.76 Å². The van der Waals surface area contributed by atoms with Crippen LogP contribution in [0, 0.1) is 5.92 Å². The second-order valence-electron chi connectivity index (χ2n) is 3.46. The van der Waals surface area contributed by atoms with Gasteiger partial charge in [-0.05, 0) is 18.1 Å². The predicted molar refractivity (Wildman–Crippen MR) is 51.8 cm³/mol. The Morgan fingerprint density at radius 3 is 2.64 bits per heavy atom. The van der Waals surface area contributed by atoms with Crippen molar-refractivity contribution in [3.05, 3.63) is 23.7 Å². The summed E-state index contributed by atoms with van der Waals surface area (Å²) in [4.78, 5) is 11.1. The van der Waals surface area contributed by atoms with Crippen LogP contribution in [0.2, 0.25) is 0 Å². The SMILES string of the molecule is COC(=O)c1ccc([C@@H](N)C(C)C)o1. The highest BCUT2D eigenvalue weighted by Crippen LogP contribution is 2.21. The first-order valence-corrected chi connectivity index (χ1v) is 4.50. The van der Waals surface area contributed by atoms with E-state index in [1.165, 1.54) is 7.11 Å². The summed E-state index contributed by atoms with van der Waals surface area (Å²) < 4.78 is 9.78. The maximum absolute atomic E-state index is 11.1. The van der Waals surface area contributed by atoms with Crippen molar-refractivity contribution in [2.24, 2.45) is 11.7 Å². The minimum atomic E-state index is -0.479. The molecule has 0 radical (unpaired) electrons. The van der Waals surface area contributed by atoms with Crippen molar-refractivity contribution < 1.29 is 13.9 Å². The van der Waals surface area contributed by atoms with Crippen LogP contribution in [-0.4, -0.2) is 13.1 Å². The van der Waals surface area contributed by atoms with Crippen LogP contribution in [-0.2, 0) is 4.74 Å². The molecule has 0 saturated heterocycles. The van der Waals surface area contributed by atoms with Gasteiger partial charge < -0.3 is 14.9 Å². The van der Waals surface area contributed by atoms with Crippen LogP contribution < -0.4 is 5.73 Å². The molecule has 0 unspecified atom stereocenters. The number of rotatable bonds is 3. The van der Waals surface area contributed by atoms with Crippen LogP contribution in [0.25, 0.3) is 0 Å². The largest absolute Gasteiger partial charge is 0.463 e. The average Bonchev–Trinajstić information content (AvgIpc) is 2.64. The second-order valence-corrected chi connectivity index (χ2v) is 3.46. The van der Waals surface area contributed by atoms with Gasteiger partial charge in [-0.1, -0.05) is 13.8 Å². The van der Waals surface area contributed by atoms with Crippen LogP contribution in [0.5, 0.6) is 0 Å².